The van der Waals surface area contributed by atoms with Gasteiger partial charge in [0.25, 0.3) is 11.8 Å². The summed E-state index contributed by atoms with van der Waals surface area (Å²) in [5.74, 6) is -0.545. The standard InChI is InChI=1S/C23H21N3O3/c1-16(27)25-20-11-7-17(8-12-20)15-24-22(28)19-9-13-21(14-10-19)26-23(29)18-5-3-2-4-6-18/h2-14H,15H2,1H3,(H,24,28)(H,25,27)(H,26,29). The molecule has 0 heterocycles. The van der Waals surface area contributed by atoms with Crippen molar-refractivity contribution in [3.8, 4) is 0 Å². The van der Waals surface area contributed by atoms with Crippen molar-refractivity contribution in [1.82, 2.24) is 5.32 Å². The molecule has 0 fully saturated rings. The van der Waals surface area contributed by atoms with Crippen LogP contribution >= 0.6 is 0 Å². The normalized spacial score (nSPS) is 10.1. The van der Waals surface area contributed by atoms with E-state index in [9.17, 15) is 14.4 Å². The van der Waals surface area contributed by atoms with Gasteiger partial charge in [0.05, 0.1) is 0 Å². The molecule has 0 aliphatic carbocycles. The van der Waals surface area contributed by atoms with E-state index >= 15 is 0 Å². The Morgan fingerprint density at radius 1 is 0.655 bits per heavy atom. The van der Waals surface area contributed by atoms with Gasteiger partial charge in [-0.05, 0) is 54.1 Å². The Hall–Kier alpha value is -3.93. The van der Waals surface area contributed by atoms with Gasteiger partial charge in [-0.15, -0.1) is 0 Å². The lowest BCUT2D eigenvalue weighted by Gasteiger charge is -2.08. The minimum atomic E-state index is -0.211. The quantitative estimate of drug-likeness (QED) is 0.601. The number of hydrogen-bond donors (Lipinski definition) is 3. The first-order chi connectivity index (χ1) is 14.0. The molecule has 0 aliphatic rings. The highest BCUT2D eigenvalue weighted by molar-refractivity contribution is 6.04. The molecule has 29 heavy (non-hydrogen) atoms. The molecule has 3 N–H and O–H groups in total. The molecular weight excluding hydrogens is 366 g/mol. The molecule has 0 aromatic heterocycles. The molecule has 0 unspecified atom stereocenters. The molecule has 6 heteroatoms. The summed E-state index contributed by atoms with van der Waals surface area (Å²) in [6.07, 6.45) is 0. The summed E-state index contributed by atoms with van der Waals surface area (Å²) >= 11 is 0. The molecule has 3 amide bonds. The van der Waals surface area contributed by atoms with Crippen LogP contribution in [0, 0.1) is 0 Å². The van der Waals surface area contributed by atoms with Crippen molar-refractivity contribution in [1.29, 1.82) is 0 Å². The van der Waals surface area contributed by atoms with Gasteiger partial charge in [-0.25, -0.2) is 0 Å². The molecule has 0 spiro atoms. The van der Waals surface area contributed by atoms with Crippen LogP contribution in [0.2, 0.25) is 0 Å². The number of benzene rings is 3. The molecule has 3 aromatic rings. The molecule has 0 radical (unpaired) electrons. The fraction of sp³-hybridized carbons (Fsp3) is 0.0870. The second-order valence-corrected chi connectivity index (χ2v) is 6.46. The molecule has 3 rings (SSSR count). The zero-order chi connectivity index (χ0) is 20.6. The van der Waals surface area contributed by atoms with Gasteiger partial charge in [-0.2, -0.15) is 0 Å². The Kier molecular flexibility index (Phi) is 6.37. The maximum absolute atomic E-state index is 12.3. The van der Waals surface area contributed by atoms with Crippen LogP contribution in [0.15, 0.2) is 78.9 Å². The number of anilines is 2. The molecule has 0 atom stereocenters. The SMILES string of the molecule is CC(=O)Nc1ccc(CNC(=O)c2ccc(NC(=O)c3ccccc3)cc2)cc1. The van der Waals surface area contributed by atoms with Gasteiger partial charge in [0.2, 0.25) is 5.91 Å². The van der Waals surface area contributed by atoms with Crippen molar-refractivity contribution in [2.75, 3.05) is 10.6 Å². The van der Waals surface area contributed by atoms with E-state index < -0.39 is 0 Å². The molecule has 6 nitrogen and oxygen atoms in total. The summed E-state index contributed by atoms with van der Waals surface area (Å²) < 4.78 is 0. The maximum Gasteiger partial charge on any atom is 0.255 e. The molecule has 0 aliphatic heterocycles. The van der Waals surface area contributed by atoms with Gasteiger partial charge in [-0.1, -0.05) is 30.3 Å². The number of amides is 3. The number of hydrogen-bond acceptors (Lipinski definition) is 3. The van der Waals surface area contributed by atoms with Crippen molar-refractivity contribution in [2.45, 2.75) is 13.5 Å². The monoisotopic (exact) mass is 387 g/mol. The third kappa shape index (κ3) is 5.77. The van der Waals surface area contributed by atoms with Crippen molar-refractivity contribution < 1.29 is 14.4 Å². The number of nitrogens with one attached hydrogen (secondary N) is 3. The van der Waals surface area contributed by atoms with E-state index in [1.165, 1.54) is 6.92 Å². The lowest BCUT2D eigenvalue weighted by molar-refractivity contribution is -0.114. The predicted octanol–water partition coefficient (Wildman–Crippen LogP) is 3.83. The van der Waals surface area contributed by atoms with Gasteiger partial charge in [0.1, 0.15) is 0 Å². The average Bonchev–Trinajstić information content (AvgIpc) is 2.74. The van der Waals surface area contributed by atoms with Crippen LogP contribution in [-0.4, -0.2) is 17.7 Å². The van der Waals surface area contributed by atoms with Crippen molar-refractivity contribution in [3.63, 3.8) is 0 Å². The van der Waals surface area contributed by atoms with Gasteiger partial charge >= 0.3 is 0 Å². The fourth-order valence-electron chi connectivity index (χ4n) is 2.69. The molecular formula is C23H21N3O3. The Morgan fingerprint density at radius 3 is 1.83 bits per heavy atom. The summed E-state index contributed by atoms with van der Waals surface area (Å²) in [6, 6.07) is 22.9. The topological polar surface area (TPSA) is 87.3 Å². The predicted molar refractivity (Wildman–Crippen MR) is 113 cm³/mol. The second kappa shape index (κ2) is 9.32. The largest absolute Gasteiger partial charge is 0.348 e. The molecule has 0 bridgehead atoms. The summed E-state index contributed by atoms with van der Waals surface area (Å²) in [5.41, 5.74) is 3.31. The van der Waals surface area contributed by atoms with Crippen molar-refractivity contribution in [2.24, 2.45) is 0 Å². The molecule has 3 aromatic carbocycles. The first-order valence-corrected chi connectivity index (χ1v) is 9.12. The van der Waals surface area contributed by atoms with Crippen LogP contribution in [0.4, 0.5) is 11.4 Å². The van der Waals surface area contributed by atoms with E-state index in [-0.39, 0.29) is 17.7 Å². The first kappa shape index (κ1) is 19.8. The maximum atomic E-state index is 12.3. The zero-order valence-electron chi connectivity index (χ0n) is 15.9. The number of rotatable bonds is 6. The van der Waals surface area contributed by atoms with E-state index in [1.54, 1.807) is 60.7 Å². The second-order valence-electron chi connectivity index (χ2n) is 6.46. The molecule has 0 saturated heterocycles. The van der Waals surface area contributed by atoms with Crippen LogP contribution in [0.3, 0.4) is 0 Å². The summed E-state index contributed by atoms with van der Waals surface area (Å²) in [4.78, 5) is 35.5. The van der Waals surface area contributed by atoms with Crippen LogP contribution in [0.1, 0.15) is 33.2 Å². The Labute approximate surface area is 169 Å². The highest BCUT2D eigenvalue weighted by Gasteiger charge is 2.08. The van der Waals surface area contributed by atoms with E-state index in [4.69, 9.17) is 0 Å². The Morgan fingerprint density at radius 2 is 1.21 bits per heavy atom. The fourth-order valence-corrected chi connectivity index (χ4v) is 2.69. The Bertz CT molecular complexity index is 998. The first-order valence-electron chi connectivity index (χ1n) is 9.12. The van der Waals surface area contributed by atoms with Gasteiger partial charge in [0, 0.05) is 36.0 Å². The van der Waals surface area contributed by atoms with Crippen LogP contribution in [0.25, 0.3) is 0 Å². The van der Waals surface area contributed by atoms with Gasteiger partial charge in [-0.3, -0.25) is 14.4 Å². The van der Waals surface area contributed by atoms with Crippen LogP contribution in [0.5, 0.6) is 0 Å². The minimum Gasteiger partial charge on any atom is -0.348 e. The van der Waals surface area contributed by atoms with Gasteiger partial charge < -0.3 is 16.0 Å². The summed E-state index contributed by atoms with van der Waals surface area (Å²) in [7, 11) is 0. The average molecular weight is 387 g/mol. The van der Waals surface area contributed by atoms with Crippen molar-refractivity contribution >= 4 is 29.1 Å². The third-order valence-corrected chi connectivity index (χ3v) is 4.17. The summed E-state index contributed by atoms with van der Waals surface area (Å²) in [6.45, 7) is 1.82. The third-order valence-electron chi connectivity index (χ3n) is 4.17. The highest BCUT2D eigenvalue weighted by atomic mass is 16.2. The van der Waals surface area contributed by atoms with E-state index in [2.05, 4.69) is 16.0 Å². The van der Waals surface area contributed by atoms with Gasteiger partial charge in [0.15, 0.2) is 0 Å². The molecule has 0 saturated carbocycles. The van der Waals surface area contributed by atoms with Crippen LogP contribution in [-0.2, 0) is 11.3 Å². The Balaban J connectivity index is 1.53. The lowest BCUT2D eigenvalue weighted by Crippen LogP contribution is -2.22. The lowest BCUT2D eigenvalue weighted by atomic mass is 10.1. The van der Waals surface area contributed by atoms with E-state index in [0.717, 1.165) is 5.56 Å². The zero-order valence-corrected chi connectivity index (χ0v) is 15.9. The highest BCUT2D eigenvalue weighted by Crippen LogP contribution is 2.13. The van der Waals surface area contributed by atoms with E-state index in [1.807, 2.05) is 18.2 Å². The number of carbonyl (C=O) groups is 3. The van der Waals surface area contributed by atoms with Crippen LogP contribution < -0.4 is 16.0 Å². The minimum absolute atomic E-state index is 0.130. The smallest absolute Gasteiger partial charge is 0.255 e. The van der Waals surface area contributed by atoms with E-state index in [0.29, 0.717) is 29.0 Å². The van der Waals surface area contributed by atoms with Crippen molar-refractivity contribution in [3.05, 3.63) is 95.6 Å². The molecule has 146 valence electrons. The summed E-state index contributed by atoms with van der Waals surface area (Å²) in [5, 5.41) is 8.34. The number of carbonyl (C=O) groups excluding carboxylic acids is 3.